The fourth-order valence-electron chi connectivity index (χ4n) is 5.04. The van der Waals surface area contributed by atoms with E-state index in [1.54, 1.807) is 32.3 Å². The van der Waals surface area contributed by atoms with Crippen molar-refractivity contribution in [2.24, 2.45) is 0 Å². The maximum atomic E-state index is 12.2. The molecule has 1 amide bonds. The largest absolute Gasteiger partial charge is 0.493 e. The number of nitrogens with zero attached hydrogens (tertiary/aromatic N) is 4. The molecule has 0 saturated heterocycles. The van der Waals surface area contributed by atoms with E-state index in [0.29, 0.717) is 30.5 Å². The molecule has 228 valence electrons. The number of hydrogen-bond acceptors (Lipinski definition) is 8. The second-order valence-corrected chi connectivity index (χ2v) is 10.9. The van der Waals surface area contributed by atoms with E-state index in [-0.39, 0.29) is 18.5 Å². The smallest absolute Gasteiger partial charge is 0.236 e. The van der Waals surface area contributed by atoms with Gasteiger partial charge >= 0.3 is 0 Å². The Morgan fingerprint density at radius 3 is 2.53 bits per heavy atom. The number of ether oxygens (including phenoxy) is 2. The zero-order valence-corrected chi connectivity index (χ0v) is 25.4. The Labute approximate surface area is 261 Å². The summed E-state index contributed by atoms with van der Waals surface area (Å²) in [5, 5.41) is 15.7. The van der Waals surface area contributed by atoms with Crippen LogP contribution in [0.5, 0.6) is 11.5 Å². The molecule has 0 aliphatic carbocycles. The Morgan fingerprint density at radius 2 is 1.71 bits per heavy atom. The minimum absolute atomic E-state index is 0.00292. The number of H-pyrrole nitrogens is 1. The van der Waals surface area contributed by atoms with Gasteiger partial charge in [0.05, 0.1) is 36.9 Å². The minimum atomic E-state index is -0.166. The van der Waals surface area contributed by atoms with Gasteiger partial charge < -0.3 is 25.0 Å². The molecule has 0 aliphatic heterocycles. The molecular formula is C35H35N7O3. The second kappa shape index (κ2) is 13.4. The third-order valence-corrected chi connectivity index (χ3v) is 7.51. The highest BCUT2D eigenvalue weighted by molar-refractivity contribution is 5.84. The molecule has 45 heavy (non-hydrogen) atoms. The molecule has 10 heteroatoms. The predicted molar refractivity (Wildman–Crippen MR) is 178 cm³/mol. The van der Waals surface area contributed by atoms with Crippen molar-refractivity contribution in [2.45, 2.75) is 6.04 Å². The van der Waals surface area contributed by atoms with E-state index in [9.17, 15) is 4.79 Å². The molecule has 0 bridgehead atoms. The van der Waals surface area contributed by atoms with Crippen molar-refractivity contribution in [3.05, 3.63) is 97.3 Å². The van der Waals surface area contributed by atoms with Gasteiger partial charge in [0.2, 0.25) is 5.91 Å². The molecule has 6 aromatic rings. The molecule has 1 unspecified atom stereocenters. The van der Waals surface area contributed by atoms with E-state index in [4.69, 9.17) is 14.5 Å². The van der Waals surface area contributed by atoms with Gasteiger partial charge in [-0.15, -0.1) is 0 Å². The number of anilines is 1. The first-order valence-electron chi connectivity index (χ1n) is 14.7. The molecule has 0 saturated carbocycles. The Morgan fingerprint density at radius 1 is 0.889 bits per heavy atom. The van der Waals surface area contributed by atoms with E-state index in [1.165, 1.54) is 0 Å². The van der Waals surface area contributed by atoms with Crippen molar-refractivity contribution in [1.29, 1.82) is 0 Å². The quantitative estimate of drug-likeness (QED) is 0.171. The molecule has 2 heterocycles. The second-order valence-electron chi connectivity index (χ2n) is 10.9. The monoisotopic (exact) mass is 601 g/mol. The highest BCUT2D eigenvalue weighted by Crippen LogP contribution is 2.33. The summed E-state index contributed by atoms with van der Waals surface area (Å²) in [5.41, 5.74) is 5.80. The van der Waals surface area contributed by atoms with Gasteiger partial charge in [0.15, 0.2) is 17.3 Å². The lowest BCUT2D eigenvalue weighted by Crippen LogP contribution is -2.41. The molecule has 10 nitrogen and oxygen atoms in total. The Bertz CT molecular complexity index is 1920. The van der Waals surface area contributed by atoms with Crippen LogP contribution in [-0.2, 0) is 4.79 Å². The summed E-state index contributed by atoms with van der Waals surface area (Å²) in [6.45, 7) is 1.02. The van der Waals surface area contributed by atoms with E-state index in [0.717, 1.165) is 44.2 Å². The molecule has 6 rings (SSSR count). The number of nitrogens with one attached hydrogen (secondary N) is 3. The molecule has 0 aliphatic rings. The summed E-state index contributed by atoms with van der Waals surface area (Å²) in [5.74, 6) is 1.78. The van der Waals surface area contributed by atoms with Crippen LogP contribution in [0.2, 0.25) is 0 Å². The highest BCUT2D eigenvalue weighted by atomic mass is 16.5. The van der Waals surface area contributed by atoms with Gasteiger partial charge in [-0.05, 0) is 41.5 Å². The molecule has 0 fully saturated rings. The van der Waals surface area contributed by atoms with Crippen LogP contribution in [0, 0.1) is 0 Å². The number of fused-ring (bicyclic) bond motifs is 2. The van der Waals surface area contributed by atoms with E-state index >= 15 is 0 Å². The van der Waals surface area contributed by atoms with Crippen LogP contribution in [0.3, 0.4) is 0 Å². The third-order valence-electron chi connectivity index (χ3n) is 7.51. The number of amides is 1. The van der Waals surface area contributed by atoms with Crippen LogP contribution in [0.1, 0.15) is 0 Å². The number of benzene rings is 4. The first-order chi connectivity index (χ1) is 22.0. The summed E-state index contributed by atoms with van der Waals surface area (Å²) in [4.78, 5) is 23.3. The first kappa shape index (κ1) is 29.6. The van der Waals surface area contributed by atoms with Gasteiger partial charge in [-0.1, -0.05) is 48.5 Å². The highest BCUT2D eigenvalue weighted by Gasteiger charge is 2.16. The number of aromatic nitrogens is 4. The fourth-order valence-corrected chi connectivity index (χ4v) is 5.04. The van der Waals surface area contributed by atoms with E-state index in [1.807, 2.05) is 66.9 Å². The number of methoxy groups -OCH3 is 1. The van der Waals surface area contributed by atoms with Crippen molar-refractivity contribution in [3.63, 3.8) is 0 Å². The lowest BCUT2D eigenvalue weighted by molar-refractivity contribution is -0.127. The summed E-state index contributed by atoms with van der Waals surface area (Å²) in [6, 6.07) is 28.1. The van der Waals surface area contributed by atoms with Crippen molar-refractivity contribution in [3.8, 4) is 34.0 Å². The fraction of sp³-hybridized carbons (Fsp3) is 0.200. The van der Waals surface area contributed by atoms with Crippen LogP contribution in [0.4, 0.5) is 5.69 Å². The number of carbonyl (C=O) groups excluding carboxylic acids is 1. The number of aromatic amines is 1. The summed E-state index contributed by atoms with van der Waals surface area (Å²) >= 11 is 0. The van der Waals surface area contributed by atoms with Gasteiger partial charge in [0, 0.05) is 54.9 Å². The average molecular weight is 602 g/mol. The molecular weight excluding hydrogens is 566 g/mol. The average Bonchev–Trinajstić information content (AvgIpc) is 3.55. The zero-order valence-electron chi connectivity index (χ0n) is 25.4. The first-order valence-corrected chi connectivity index (χ1v) is 14.7. The minimum Gasteiger partial charge on any atom is -0.493 e. The van der Waals surface area contributed by atoms with Crippen LogP contribution in [-0.4, -0.2) is 77.9 Å². The maximum absolute atomic E-state index is 12.2. The topological polar surface area (TPSA) is 117 Å². The van der Waals surface area contributed by atoms with E-state index < -0.39 is 0 Å². The van der Waals surface area contributed by atoms with Crippen LogP contribution in [0.15, 0.2) is 97.3 Å². The Hall–Kier alpha value is -5.48. The third kappa shape index (κ3) is 7.02. The Kier molecular flexibility index (Phi) is 8.84. The summed E-state index contributed by atoms with van der Waals surface area (Å²) < 4.78 is 12.1. The molecule has 2 aromatic heterocycles. The molecule has 0 radical (unpaired) electrons. The number of likely N-dealkylation sites (N-methyl/N-ethyl adjacent to an activating group) is 1. The van der Waals surface area contributed by atoms with E-state index in [2.05, 4.69) is 50.1 Å². The maximum Gasteiger partial charge on any atom is 0.236 e. The van der Waals surface area contributed by atoms with Gasteiger partial charge in [0.25, 0.3) is 0 Å². The van der Waals surface area contributed by atoms with Gasteiger partial charge in [-0.3, -0.25) is 9.89 Å². The van der Waals surface area contributed by atoms with Gasteiger partial charge in [0.1, 0.15) is 6.61 Å². The van der Waals surface area contributed by atoms with Crippen molar-refractivity contribution in [1.82, 2.24) is 30.4 Å². The van der Waals surface area contributed by atoms with Crippen molar-refractivity contribution in [2.75, 3.05) is 46.2 Å². The van der Waals surface area contributed by atoms with Crippen molar-refractivity contribution >= 4 is 33.4 Å². The zero-order chi connectivity index (χ0) is 31.2. The SMILES string of the molecule is COc1cc2nc(-c3cccc(-c4ccccc4)c3)ncc2cc1OCC(CNCC(=O)N(C)C)Nc1ccc2[nH]ncc2c1. The number of carbonyl (C=O) groups is 1. The van der Waals surface area contributed by atoms with Crippen LogP contribution >= 0.6 is 0 Å². The normalized spacial score (nSPS) is 11.8. The molecule has 1 atom stereocenters. The Balaban J connectivity index is 1.21. The van der Waals surface area contributed by atoms with Crippen molar-refractivity contribution < 1.29 is 14.3 Å². The molecule has 0 spiro atoms. The standard InChI is InChI=1S/C35H35N7O3/c1-42(2)34(43)21-36-20-29(39-28-12-13-30-26(15-28)19-38-41-30)22-45-33-16-27-18-37-35(40-31(27)17-32(33)44-3)25-11-7-10-24(14-25)23-8-5-4-6-9-23/h4-19,29,36,39H,20-22H2,1-3H3,(H,38,41). The lowest BCUT2D eigenvalue weighted by Gasteiger charge is -2.22. The summed E-state index contributed by atoms with van der Waals surface area (Å²) in [6.07, 6.45) is 3.59. The van der Waals surface area contributed by atoms with Crippen LogP contribution < -0.4 is 20.1 Å². The number of rotatable bonds is 12. The predicted octanol–water partition coefficient (Wildman–Crippen LogP) is 5.39. The van der Waals surface area contributed by atoms with Gasteiger partial charge in [-0.25, -0.2) is 9.97 Å². The molecule has 3 N–H and O–H groups in total. The number of hydrogen-bond donors (Lipinski definition) is 3. The van der Waals surface area contributed by atoms with Gasteiger partial charge in [-0.2, -0.15) is 5.10 Å². The lowest BCUT2D eigenvalue weighted by atomic mass is 10.0. The summed E-state index contributed by atoms with van der Waals surface area (Å²) in [7, 11) is 5.09. The molecule has 4 aromatic carbocycles. The van der Waals surface area contributed by atoms with Crippen LogP contribution in [0.25, 0.3) is 44.3 Å².